The molecule has 0 unspecified atom stereocenters. The van der Waals surface area contributed by atoms with E-state index in [1.807, 2.05) is 0 Å². The third-order valence-electron chi connectivity index (χ3n) is 1.82. The van der Waals surface area contributed by atoms with Gasteiger partial charge in [-0.25, -0.2) is 0 Å². The van der Waals surface area contributed by atoms with Gasteiger partial charge in [0.05, 0.1) is 11.1 Å². The zero-order valence-electron chi connectivity index (χ0n) is 8.34. The van der Waals surface area contributed by atoms with Crippen molar-refractivity contribution in [3.05, 3.63) is 39.8 Å². The lowest BCUT2D eigenvalue weighted by Gasteiger charge is -2.10. The van der Waals surface area contributed by atoms with Gasteiger partial charge in [0.15, 0.2) is 0 Å². The number of benzene rings is 1. The molecule has 0 aliphatic heterocycles. The van der Waals surface area contributed by atoms with E-state index in [0.717, 1.165) is 10.0 Å². The second-order valence-electron chi connectivity index (χ2n) is 3.17. The second kappa shape index (κ2) is 5.54. The molecule has 1 aromatic rings. The molecule has 0 saturated carbocycles. The molecular formula is C11H12BrClO2. The standard InChI is InChI=1S/C11H12BrClO2/c1-7(12)6-15-11-4-3-9(8(2)14)5-10(11)13/h3-5,8,14H,1,6H2,2H3/t8-/m1/s1. The molecule has 0 heterocycles. The minimum atomic E-state index is -0.525. The van der Waals surface area contributed by atoms with Crippen molar-refractivity contribution in [3.8, 4) is 5.75 Å². The van der Waals surface area contributed by atoms with Crippen LogP contribution < -0.4 is 4.74 Å². The van der Waals surface area contributed by atoms with E-state index in [4.69, 9.17) is 16.3 Å². The first-order valence-electron chi connectivity index (χ1n) is 4.44. The van der Waals surface area contributed by atoms with E-state index >= 15 is 0 Å². The normalized spacial score (nSPS) is 12.3. The summed E-state index contributed by atoms with van der Waals surface area (Å²) in [6, 6.07) is 5.21. The number of aliphatic hydroxyl groups excluding tert-OH is 1. The minimum Gasteiger partial charge on any atom is -0.487 e. The zero-order valence-corrected chi connectivity index (χ0v) is 10.7. The highest BCUT2D eigenvalue weighted by Gasteiger charge is 2.06. The molecule has 82 valence electrons. The van der Waals surface area contributed by atoms with Crippen molar-refractivity contribution >= 4 is 27.5 Å². The molecule has 0 aromatic heterocycles. The van der Waals surface area contributed by atoms with Crippen LogP contribution in [0.15, 0.2) is 29.3 Å². The van der Waals surface area contributed by atoms with Gasteiger partial charge in [-0.3, -0.25) is 0 Å². The Morgan fingerprint density at radius 1 is 1.67 bits per heavy atom. The third kappa shape index (κ3) is 3.86. The number of ether oxygens (including phenoxy) is 1. The predicted octanol–water partition coefficient (Wildman–Crippen LogP) is 3.68. The number of halogens is 2. The molecule has 0 fully saturated rings. The second-order valence-corrected chi connectivity index (χ2v) is 4.70. The van der Waals surface area contributed by atoms with Crippen molar-refractivity contribution in [2.45, 2.75) is 13.0 Å². The van der Waals surface area contributed by atoms with Crippen molar-refractivity contribution in [2.75, 3.05) is 6.61 Å². The molecule has 4 heteroatoms. The summed E-state index contributed by atoms with van der Waals surface area (Å²) in [6.45, 7) is 5.71. The van der Waals surface area contributed by atoms with Gasteiger partial charge < -0.3 is 9.84 Å². The Labute approximate surface area is 103 Å². The lowest BCUT2D eigenvalue weighted by atomic mass is 10.1. The van der Waals surface area contributed by atoms with Gasteiger partial charge in [-0.05, 0) is 24.6 Å². The Bertz CT molecular complexity index is 364. The maximum atomic E-state index is 9.34. The zero-order chi connectivity index (χ0) is 11.4. The molecular weight excluding hydrogens is 279 g/mol. The summed E-state index contributed by atoms with van der Waals surface area (Å²) in [5.74, 6) is 0.585. The number of aliphatic hydroxyl groups is 1. The van der Waals surface area contributed by atoms with Gasteiger partial charge in [0.1, 0.15) is 12.4 Å². The monoisotopic (exact) mass is 290 g/mol. The topological polar surface area (TPSA) is 29.5 Å². The van der Waals surface area contributed by atoms with Gasteiger partial charge >= 0.3 is 0 Å². The van der Waals surface area contributed by atoms with Gasteiger partial charge in [-0.2, -0.15) is 0 Å². The van der Waals surface area contributed by atoms with Crippen LogP contribution in [0, 0.1) is 0 Å². The first-order chi connectivity index (χ1) is 7.00. The van der Waals surface area contributed by atoms with Gasteiger partial charge in [0, 0.05) is 4.48 Å². The summed E-state index contributed by atoms with van der Waals surface area (Å²) < 4.78 is 6.12. The molecule has 1 aromatic carbocycles. The fraction of sp³-hybridized carbons (Fsp3) is 0.273. The van der Waals surface area contributed by atoms with Crippen LogP contribution in [-0.2, 0) is 0 Å². The maximum Gasteiger partial charge on any atom is 0.138 e. The van der Waals surface area contributed by atoms with Crippen LogP contribution in [0.25, 0.3) is 0 Å². The van der Waals surface area contributed by atoms with E-state index in [-0.39, 0.29) is 0 Å². The molecule has 0 amide bonds. The molecule has 0 spiro atoms. The van der Waals surface area contributed by atoms with Crippen LogP contribution in [0.3, 0.4) is 0 Å². The fourth-order valence-corrected chi connectivity index (χ4v) is 1.41. The molecule has 0 aliphatic carbocycles. The fourth-order valence-electron chi connectivity index (χ4n) is 1.05. The Kier molecular flexibility index (Phi) is 4.64. The molecule has 1 atom stereocenters. The molecule has 0 radical (unpaired) electrons. The Morgan fingerprint density at radius 3 is 2.80 bits per heavy atom. The van der Waals surface area contributed by atoms with Crippen molar-refractivity contribution in [2.24, 2.45) is 0 Å². The highest BCUT2D eigenvalue weighted by molar-refractivity contribution is 9.11. The summed E-state index contributed by atoms with van der Waals surface area (Å²) in [5.41, 5.74) is 0.769. The quantitative estimate of drug-likeness (QED) is 0.917. The SMILES string of the molecule is C=C(Br)COc1ccc([C@@H](C)O)cc1Cl. The van der Waals surface area contributed by atoms with Crippen molar-refractivity contribution < 1.29 is 9.84 Å². The molecule has 1 rings (SSSR count). The minimum absolute atomic E-state index is 0.369. The highest BCUT2D eigenvalue weighted by atomic mass is 79.9. The lowest BCUT2D eigenvalue weighted by molar-refractivity contribution is 0.199. The van der Waals surface area contributed by atoms with Crippen molar-refractivity contribution in [3.63, 3.8) is 0 Å². The summed E-state index contributed by atoms with van der Waals surface area (Å²) in [6.07, 6.45) is -0.525. The van der Waals surface area contributed by atoms with Crippen LogP contribution in [0.5, 0.6) is 5.75 Å². The first kappa shape index (κ1) is 12.6. The first-order valence-corrected chi connectivity index (χ1v) is 5.61. The maximum absolute atomic E-state index is 9.34. The molecule has 0 bridgehead atoms. The van der Waals surface area contributed by atoms with E-state index < -0.39 is 6.10 Å². The molecule has 15 heavy (non-hydrogen) atoms. The van der Waals surface area contributed by atoms with Crippen LogP contribution in [0.1, 0.15) is 18.6 Å². The Balaban J connectivity index is 2.79. The van der Waals surface area contributed by atoms with Crippen molar-refractivity contribution in [1.82, 2.24) is 0 Å². The van der Waals surface area contributed by atoms with Crippen LogP contribution >= 0.6 is 27.5 Å². The van der Waals surface area contributed by atoms with E-state index in [1.54, 1.807) is 25.1 Å². The Morgan fingerprint density at radius 2 is 2.33 bits per heavy atom. The summed E-state index contributed by atoms with van der Waals surface area (Å²) in [4.78, 5) is 0. The average Bonchev–Trinajstić information content (AvgIpc) is 2.15. The van der Waals surface area contributed by atoms with E-state index in [9.17, 15) is 5.11 Å². The smallest absolute Gasteiger partial charge is 0.138 e. The summed E-state index contributed by atoms with van der Waals surface area (Å²) in [5, 5.41) is 9.82. The Hall–Kier alpha value is -0.510. The van der Waals surface area contributed by atoms with Crippen LogP contribution in [0.4, 0.5) is 0 Å². The average molecular weight is 292 g/mol. The molecule has 0 saturated heterocycles. The third-order valence-corrected chi connectivity index (χ3v) is 2.35. The number of hydrogen-bond donors (Lipinski definition) is 1. The lowest BCUT2D eigenvalue weighted by Crippen LogP contribution is -1.98. The van der Waals surface area contributed by atoms with Crippen molar-refractivity contribution in [1.29, 1.82) is 0 Å². The molecule has 0 aliphatic rings. The predicted molar refractivity (Wildman–Crippen MR) is 65.6 cm³/mol. The van der Waals surface area contributed by atoms with Crippen LogP contribution in [0.2, 0.25) is 5.02 Å². The number of rotatable bonds is 4. The summed E-state index contributed by atoms with van der Waals surface area (Å²) in [7, 11) is 0. The van der Waals surface area contributed by atoms with E-state index in [2.05, 4.69) is 22.5 Å². The molecule has 2 nitrogen and oxygen atoms in total. The van der Waals surface area contributed by atoms with E-state index in [0.29, 0.717) is 17.4 Å². The number of hydrogen-bond acceptors (Lipinski definition) is 2. The van der Waals surface area contributed by atoms with Gasteiger partial charge in [-0.1, -0.05) is 40.2 Å². The van der Waals surface area contributed by atoms with Gasteiger partial charge in [-0.15, -0.1) is 0 Å². The van der Waals surface area contributed by atoms with Gasteiger partial charge in [0.25, 0.3) is 0 Å². The largest absolute Gasteiger partial charge is 0.487 e. The van der Waals surface area contributed by atoms with Crippen LogP contribution in [-0.4, -0.2) is 11.7 Å². The van der Waals surface area contributed by atoms with Gasteiger partial charge in [0.2, 0.25) is 0 Å². The molecule has 1 N–H and O–H groups in total. The summed E-state index contributed by atoms with van der Waals surface area (Å²) >= 11 is 9.17. The van der Waals surface area contributed by atoms with E-state index in [1.165, 1.54) is 0 Å². The highest BCUT2D eigenvalue weighted by Crippen LogP contribution is 2.28.